The van der Waals surface area contributed by atoms with E-state index in [1.165, 1.54) is 6.07 Å². The summed E-state index contributed by atoms with van der Waals surface area (Å²) in [7, 11) is 0. The molecule has 1 fully saturated rings. The lowest BCUT2D eigenvalue weighted by molar-refractivity contribution is -0.173. The van der Waals surface area contributed by atoms with Gasteiger partial charge in [0.05, 0.1) is 6.10 Å². The van der Waals surface area contributed by atoms with Crippen LogP contribution in [0.4, 0.5) is 0 Å². The molecule has 0 aromatic heterocycles. The van der Waals surface area contributed by atoms with Gasteiger partial charge >= 0.3 is 0 Å². The molecule has 0 bridgehead atoms. The maximum absolute atomic E-state index is 12.8. The van der Waals surface area contributed by atoms with Crippen LogP contribution >= 0.6 is 11.6 Å². The van der Waals surface area contributed by atoms with Crippen LogP contribution in [0.15, 0.2) is 48.5 Å². The van der Waals surface area contributed by atoms with Gasteiger partial charge in [0.2, 0.25) is 11.6 Å². The molecule has 0 saturated carbocycles. The number of ether oxygens (including phenoxy) is 1. The first-order valence-corrected chi connectivity index (χ1v) is 9.36. The molecular weight excluding hydrogens is 384 g/mol. The standard InChI is InChI=1S/C21H21ClO6/c1-12-6-2-4-8-14(12)20(26)21(27)10-16(23)19(28-21)18(25)17(24)15-9-5-3-7-13(15)11-22/h2-9,16-17,19,23-24,27H,10-11H2,1H3/t16-,17?,19-,21?/m1/s1. The first-order valence-electron chi connectivity index (χ1n) is 8.82. The highest BCUT2D eigenvalue weighted by atomic mass is 35.5. The minimum absolute atomic E-state index is 0.0876. The monoisotopic (exact) mass is 404 g/mol. The SMILES string of the molecule is Cc1ccccc1C(=O)C1(O)C[C@@H](O)[C@H](C(=O)C(O)c2ccccc2CCl)O1. The fourth-order valence-electron chi connectivity index (χ4n) is 3.39. The van der Waals surface area contributed by atoms with E-state index in [-0.39, 0.29) is 11.4 Å². The molecule has 3 N–H and O–H groups in total. The predicted molar refractivity (Wildman–Crippen MR) is 102 cm³/mol. The average molecular weight is 405 g/mol. The number of hydrogen-bond acceptors (Lipinski definition) is 6. The van der Waals surface area contributed by atoms with Crippen LogP contribution in [-0.2, 0) is 15.4 Å². The number of ketones is 2. The molecular formula is C21H21ClO6. The molecule has 0 amide bonds. The third-order valence-corrected chi connectivity index (χ3v) is 5.23. The van der Waals surface area contributed by atoms with Gasteiger partial charge in [-0.15, -0.1) is 11.6 Å². The van der Waals surface area contributed by atoms with Gasteiger partial charge in [0.1, 0.15) is 12.2 Å². The molecule has 0 radical (unpaired) electrons. The molecule has 1 heterocycles. The van der Waals surface area contributed by atoms with Gasteiger partial charge in [-0.25, -0.2) is 0 Å². The number of alkyl halides is 1. The Morgan fingerprint density at radius 1 is 1.21 bits per heavy atom. The highest BCUT2D eigenvalue weighted by Gasteiger charge is 2.53. The van der Waals surface area contributed by atoms with Gasteiger partial charge in [0.15, 0.2) is 5.78 Å². The highest BCUT2D eigenvalue weighted by molar-refractivity contribution is 6.17. The largest absolute Gasteiger partial charge is 0.390 e. The summed E-state index contributed by atoms with van der Waals surface area (Å²) < 4.78 is 5.32. The maximum Gasteiger partial charge on any atom is 0.234 e. The zero-order valence-corrected chi connectivity index (χ0v) is 16.0. The summed E-state index contributed by atoms with van der Waals surface area (Å²) in [6, 6.07) is 13.2. The van der Waals surface area contributed by atoms with Crippen LogP contribution in [0, 0.1) is 6.92 Å². The quantitative estimate of drug-likeness (QED) is 0.503. The summed E-state index contributed by atoms with van der Waals surface area (Å²) in [5.41, 5.74) is 1.71. The smallest absolute Gasteiger partial charge is 0.234 e. The number of Topliss-reactive ketones (excluding diaryl/α,β-unsaturated/α-hetero) is 2. The number of aliphatic hydroxyl groups excluding tert-OH is 2. The number of carbonyl (C=O) groups is 2. The molecule has 2 aromatic carbocycles. The first kappa shape index (κ1) is 20.6. The number of carbonyl (C=O) groups excluding carboxylic acids is 2. The van der Waals surface area contributed by atoms with Gasteiger partial charge in [0, 0.05) is 17.9 Å². The molecule has 2 unspecified atom stereocenters. The topological polar surface area (TPSA) is 104 Å². The molecule has 28 heavy (non-hydrogen) atoms. The minimum Gasteiger partial charge on any atom is -0.390 e. The number of halogens is 1. The lowest BCUT2D eigenvalue weighted by Gasteiger charge is -2.23. The zero-order chi connectivity index (χ0) is 20.5. The van der Waals surface area contributed by atoms with Gasteiger partial charge in [-0.2, -0.15) is 0 Å². The van der Waals surface area contributed by atoms with Gasteiger partial charge in [-0.05, 0) is 23.6 Å². The second kappa shape index (κ2) is 8.11. The molecule has 0 aliphatic carbocycles. The Morgan fingerprint density at radius 2 is 1.86 bits per heavy atom. The summed E-state index contributed by atoms with van der Waals surface area (Å²) >= 11 is 5.85. The zero-order valence-electron chi connectivity index (χ0n) is 15.2. The van der Waals surface area contributed by atoms with Crippen LogP contribution in [0.1, 0.15) is 39.6 Å². The van der Waals surface area contributed by atoms with Crippen molar-refractivity contribution in [1.82, 2.24) is 0 Å². The first-order chi connectivity index (χ1) is 13.3. The third-order valence-electron chi connectivity index (χ3n) is 4.95. The molecule has 6 nitrogen and oxygen atoms in total. The molecule has 0 spiro atoms. The van der Waals surface area contributed by atoms with Gasteiger partial charge < -0.3 is 20.1 Å². The van der Waals surface area contributed by atoms with Crippen molar-refractivity contribution in [3.05, 3.63) is 70.8 Å². The van der Waals surface area contributed by atoms with Crippen LogP contribution in [0.25, 0.3) is 0 Å². The second-order valence-corrected chi connectivity index (χ2v) is 7.14. The lowest BCUT2D eigenvalue weighted by Crippen LogP contribution is -2.41. The van der Waals surface area contributed by atoms with E-state index in [2.05, 4.69) is 0 Å². The Balaban J connectivity index is 1.84. The molecule has 4 atom stereocenters. The Labute approximate surface area is 167 Å². The third kappa shape index (κ3) is 3.74. The number of benzene rings is 2. The summed E-state index contributed by atoms with van der Waals surface area (Å²) in [5.74, 6) is -3.85. The van der Waals surface area contributed by atoms with Crippen molar-refractivity contribution in [2.45, 2.75) is 43.3 Å². The predicted octanol–water partition coefficient (Wildman–Crippen LogP) is 2.06. The Hall–Kier alpha value is -2.09. The summed E-state index contributed by atoms with van der Waals surface area (Å²) in [6.45, 7) is 1.71. The van der Waals surface area contributed by atoms with Crippen molar-refractivity contribution in [2.75, 3.05) is 0 Å². The van der Waals surface area contributed by atoms with Crippen molar-refractivity contribution in [3.63, 3.8) is 0 Å². The molecule has 1 aliphatic rings. The minimum atomic E-state index is -2.35. The Bertz CT molecular complexity index is 898. The molecule has 148 valence electrons. The van der Waals surface area contributed by atoms with Crippen LogP contribution in [0.5, 0.6) is 0 Å². The van der Waals surface area contributed by atoms with Gasteiger partial charge in [-0.1, -0.05) is 48.5 Å². The van der Waals surface area contributed by atoms with Crippen molar-refractivity contribution in [2.24, 2.45) is 0 Å². The van der Waals surface area contributed by atoms with Crippen molar-refractivity contribution in [1.29, 1.82) is 0 Å². The maximum atomic E-state index is 12.8. The van der Waals surface area contributed by atoms with E-state index in [0.29, 0.717) is 16.7 Å². The number of hydrogen-bond donors (Lipinski definition) is 3. The molecule has 3 rings (SSSR count). The fourth-order valence-corrected chi connectivity index (χ4v) is 3.63. The fraction of sp³-hybridized carbons (Fsp3) is 0.333. The highest BCUT2D eigenvalue weighted by Crippen LogP contribution is 2.35. The van der Waals surface area contributed by atoms with E-state index in [9.17, 15) is 24.9 Å². The number of aliphatic hydroxyl groups is 3. The van der Waals surface area contributed by atoms with E-state index in [4.69, 9.17) is 16.3 Å². The lowest BCUT2D eigenvalue weighted by atomic mass is 9.94. The van der Waals surface area contributed by atoms with Crippen LogP contribution in [0.3, 0.4) is 0 Å². The van der Waals surface area contributed by atoms with Crippen molar-refractivity contribution >= 4 is 23.2 Å². The second-order valence-electron chi connectivity index (χ2n) is 6.88. The summed E-state index contributed by atoms with van der Waals surface area (Å²) in [4.78, 5) is 25.5. The van der Waals surface area contributed by atoms with Gasteiger partial charge in [0.25, 0.3) is 0 Å². The van der Waals surface area contributed by atoms with Crippen LogP contribution in [0.2, 0.25) is 0 Å². The Kier molecular flexibility index (Phi) is 5.98. The van der Waals surface area contributed by atoms with E-state index >= 15 is 0 Å². The van der Waals surface area contributed by atoms with E-state index in [1.807, 2.05) is 0 Å². The normalized spacial score (nSPS) is 25.5. The summed E-state index contributed by atoms with van der Waals surface area (Å²) in [5, 5.41) is 31.5. The Morgan fingerprint density at radius 3 is 2.54 bits per heavy atom. The van der Waals surface area contributed by atoms with Gasteiger partial charge in [-0.3, -0.25) is 9.59 Å². The molecule has 2 aromatic rings. The van der Waals surface area contributed by atoms with Crippen LogP contribution < -0.4 is 0 Å². The molecule has 7 heteroatoms. The van der Waals surface area contributed by atoms with Crippen molar-refractivity contribution in [3.8, 4) is 0 Å². The van der Waals surface area contributed by atoms with Crippen LogP contribution in [-0.4, -0.2) is 44.9 Å². The van der Waals surface area contributed by atoms with E-state index < -0.39 is 42.1 Å². The van der Waals surface area contributed by atoms with E-state index in [0.717, 1.165) is 0 Å². The van der Waals surface area contributed by atoms with Crippen molar-refractivity contribution < 1.29 is 29.6 Å². The number of aryl methyl sites for hydroxylation is 1. The average Bonchev–Trinajstić information content (AvgIpc) is 3.02. The number of rotatable bonds is 6. The summed E-state index contributed by atoms with van der Waals surface area (Å²) in [6.07, 6.45) is -5.06. The van der Waals surface area contributed by atoms with E-state index in [1.54, 1.807) is 49.4 Å². The molecule has 1 aliphatic heterocycles. The molecule has 1 saturated heterocycles.